The van der Waals surface area contributed by atoms with Crippen LogP contribution in [-0.4, -0.2) is 48.8 Å². The predicted octanol–water partition coefficient (Wildman–Crippen LogP) is 1.67. The molecule has 0 fully saturated rings. The third-order valence-electron chi connectivity index (χ3n) is 3.08. The van der Waals surface area contributed by atoms with Crippen molar-refractivity contribution in [3.8, 4) is 0 Å². The Morgan fingerprint density at radius 1 is 1.29 bits per heavy atom. The summed E-state index contributed by atoms with van der Waals surface area (Å²) in [7, 11) is 0. The van der Waals surface area contributed by atoms with E-state index >= 15 is 0 Å². The first-order chi connectivity index (χ1) is 8.19. The van der Waals surface area contributed by atoms with Crippen molar-refractivity contribution in [3.05, 3.63) is 0 Å². The van der Waals surface area contributed by atoms with E-state index in [4.69, 9.17) is 4.74 Å². The van der Waals surface area contributed by atoms with Gasteiger partial charge >= 0.3 is 0 Å². The fourth-order valence-electron chi connectivity index (χ4n) is 1.92. The quantitative estimate of drug-likeness (QED) is 0.444. The van der Waals surface area contributed by atoms with E-state index in [1.165, 1.54) is 0 Å². The highest BCUT2D eigenvalue weighted by Crippen LogP contribution is 2.16. The highest BCUT2D eigenvalue weighted by atomic mass is 16.6. The Bertz CT molecular complexity index is 184. The minimum absolute atomic E-state index is 0.0667. The summed E-state index contributed by atoms with van der Waals surface area (Å²) in [5.41, 5.74) is 0. The molecule has 0 aromatic rings. The van der Waals surface area contributed by atoms with Gasteiger partial charge in [0, 0.05) is 18.9 Å². The normalized spacial score (nSPS) is 14.9. The van der Waals surface area contributed by atoms with Gasteiger partial charge in [-0.15, -0.1) is 0 Å². The standard InChI is InChI=1S/C13H27NO3/c1-4-14(5-2)10-7-8-12(9-11-15)13(16)17-6-3/h11-13,16H,4-10H2,1-3H3/t12-,13?/m1/s1. The van der Waals surface area contributed by atoms with Gasteiger partial charge in [-0.2, -0.15) is 0 Å². The second-order valence-electron chi connectivity index (χ2n) is 4.18. The zero-order valence-corrected chi connectivity index (χ0v) is 11.4. The third-order valence-corrected chi connectivity index (χ3v) is 3.08. The van der Waals surface area contributed by atoms with Crippen molar-refractivity contribution in [2.45, 2.75) is 46.3 Å². The van der Waals surface area contributed by atoms with E-state index in [1.54, 1.807) is 0 Å². The number of rotatable bonds is 11. The van der Waals surface area contributed by atoms with E-state index in [1.807, 2.05) is 6.92 Å². The van der Waals surface area contributed by atoms with Crippen molar-refractivity contribution >= 4 is 6.29 Å². The molecule has 1 unspecified atom stereocenters. The molecule has 0 radical (unpaired) electrons. The number of carbonyl (C=O) groups excluding carboxylic acids is 1. The number of hydrogen-bond donors (Lipinski definition) is 1. The highest BCUT2D eigenvalue weighted by Gasteiger charge is 2.18. The molecule has 102 valence electrons. The molecule has 0 aliphatic heterocycles. The molecular formula is C13H27NO3. The van der Waals surface area contributed by atoms with E-state index in [0.717, 1.165) is 38.8 Å². The van der Waals surface area contributed by atoms with Crippen LogP contribution in [-0.2, 0) is 9.53 Å². The van der Waals surface area contributed by atoms with Crippen LogP contribution in [0.3, 0.4) is 0 Å². The van der Waals surface area contributed by atoms with Crippen molar-refractivity contribution in [1.29, 1.82) is 0 Å². The first-order valence-electron chi connectivity index (χ1n) is 6.65. The van der Waals surface area contributed by atoms with Crippen LogP contribution in [0.2, 0.25) is 0 Å². The van der Waals surface area contributed by atoms with Crippen molar-refractivity contribution in [3.63, 3.8) is 0 Å². The Morgan fingerprint density at radius 2 is 1.94 bits per heavy atom. The smallest absolute Gasteiger partial charge is 0.157 e. The summed E-state index contributed by atoms with van der Waals surface area (Å²) in [5, 5.41) is 9.72. The summed E-state index contributed by atoms with van der Waals surface area (Å²) in [5.74, 6) is -0.0667. The Kier molecular flexibility index (Phi) is 10.4. The molecule has 2 atom stereocenters. The summed E-state index contributed by atoms with van der Waals surface area (Å²) in [6.07, 6.45) is 2.26. The van der Waals surface area contributed by atoms with Gasteiger partial charge in [0.2, 0.25) is 0 Å². The minimum atomic E-state index is -0.804. The van der Waals surface area contributed by atoms with Crippen LogP contribution in [0.5, 0.6) is 0 Å². The highest BCUT2D eigenvalue weighted by molar-refractivity contribution is 5.49. The number of aliphatic hydroxyl groups is 1. The van der Waals surface area contributed by atoms with Gasteiger partial charge in [-0.1, -0.05) is 13.8 Å². The van der Waals surface area contributed by atoms with Gasteiger partial charge in [-0.3, -0.25) is 0 Å². The summed E-state index contributed by atoms with van der Waals surface area (Å²) in [4.78, 5) is 12.9. The van der Waals surface area contributed by atoms with Crippen molar-refractivity contribution in [2.75, 3.05) is 26.2 Å². The number of aliphatic hydroxyl groups excluding tert-OH is 1. The summed E-state index contributed by atoms with van der Waals surface area (Å²) >= 11 is 0. The van der Waals surface area contributed by atoms with Gasteiger partial charge in [0.15, 0.2) is 6.29 Å². The average molecular weight is 245 g/mol. The predicted molar refractivity (Wildman–Crippen MR) is 68.8 cm³/mol. The lowest BCUT2D eigenvalue weighted by molar-refractivity contribution is -0.138. The van der Waals surface area contributed by atoms with Crippen LogP contribution in [0.25, 0.3) is 0 Å². The second-order valence-corrected chi connectivity index (χ2v) is 4.18. The van der Waals surface area contributed by atoms with E-state index in [0.29, 0.717) is 13.0 Å². The Hall–Kier alpha value is -0.450. The molecular weight excluding hydrogens is 218 g/mol. The maximum Gasteiger partial charge on any atom is 0.157 e. The number of hydrogen-bond acceptors (Lipinski definition) is 4. The van der Waals surface area contributed by atoms with Gasteiger partial charge < -0.3 is 19.5 Å². The summed E-state index contributed by atoms with van der Waals surface area (Å²) in [6.45, 7) is 9.71. The lowest BCUT2D eigenvalue weighted by atomic mass is 9.99. The number of ether oxygens (including phenoxy) is 1. The molecule has 0 spiro atoms. The zero-order chi connectivity index (χ0) is 13.1. The molecule has 17 heavy (non-hydrogen) atoms. The molecule has 4 heteroatoms. The fourth-order valence-corrected chi connectivity index (χ4v) is 1.92. The number of carbonyl (C=O) groups is 1. The topological polar surface area (TPSA) is 49.8 Å². The van der Waals surface area contributed by atoms with Crippen molar-refractivity contribution in [1.82, 2.24) is 4.90 Å². The van der Waals surface area contributed by atoms with Crippen LogP contribution in [0.1, 0.15) is 40.0 Å². The Morgan fingerprint density at radius 3 is 2.41 bits per heavy atom. The molecule has 0 bridgehead atoms. The summed E-state index contributed by atoms with van der Waals surface area (Å²) < 4.78 is 5.15. The number of nitrogens with zero attached hydrogens (tertiary/aromatic N) is 1. The molecule has 0 aromatic carbocycles. The van der Waals surface area contributed by atoms with Crippen LogP contribution in [0.15, 0.2) is 0 Å². The Labute approximate surface area is 105 Å². The van der Waals surface area contributed by atoms with Gasteiger partial charge in [-0.05, 0) is 39.4 Å². The van der Waals surface area contributed by atoms with Gasteiger partial charge in [-0.25, -0.2) is 0 Å². The monoisotopic (exact) mass is 245 g/mol. The first kappa shape index (κ1) is 16.6. The molecule has 0 aromatic heterocycles. The van der Waals surface area contributed by atoms with Crippen LogP contribution < -0.4 is 0 Å². The molecule has 0 saturated carbocycles. The maximum absolute atomic E-state index is 10.6. The van der Waals surface area contributed by atoms with E-state index in [-0.39, 0.29) is 5.92 Å². The SMILES string of the molecule is CCOC(O)[C@@H](CC=O)CCCN(CC)CC. The molecule has 0 aliphatic carbocycles. The van der Waals surface area contributed by atoms with E-state index in [2.05, 4.69) is 18.7 Å². The molecule has 0 rings (SSSR count). The summed E-state index contributed by atoms with van der Waals surface area (Å²) in [6, 6.07) is 0. The zero-order valence-electron chi connectivity index (χ0n) is 11.4. The Balaban J connectivity index is 3.94. The third kappa shape index (κ3) is 7.47. The first-order valence-corrected chi connectivity index (χ1v) is 6.65. The van der Waals surface area contributed by atoms with Crippen LogP contribution in [0, 0.1) is 5.92 Å². The molecule has 0 amide bonds. The molecule has 0 saturated heterocycles. The van der Waals surface area contributed by atoms with E-state index in [9.17, 15) is 9.90 Å². The van der Waals surface area contributed by atoms with Crippen LogP contribution >= 0.6 is 0 Å². The maximum atomic E-state index is 10.6. The minimum Gasteiger partial charge on any atom is -0.368 e. The van der Waals surface area contributed by atoms with Crippen molar-refractivity contribution < 1.29 is 14.6 Å². The lowest BCUT2D eigenvalue weighted by Gasteiger charge is -2.23. The van der Waals surface area contributed by atoms with Gasteiger partial charge in [0.25, 0.3) is 0 Å². The molecule has 0 aliphatic rings. The number of aldehydes is 1. The molecule has 4 nitrogen and oxygen atoms in total. The average Bonchev–Trinajstić information content (AvgIpc) is 2.33. The van der Waals surface area contributed by atoms with E-state index < -0.39 is 6.29 Å². The van der Waals surface area contributed by atoms with Gasteiger partial charge in [0.1, 0.15) is 6.29 Å². The lowest BCUT2D eigenvalue weighted by Crippen LogP contribution is -2.27. The van der Waals surface area contributed by atoms with Crippen LogP contribution in [0.4, 0.5) is 0 Å². The molecule has 0 heterocycles. The second kappa shape index (κ2) is 10.7. The van der Waals surface area contributed by atoms with Crippen molar-refractivity contribution in [2.24, 2.45) is 5.92 Å². The fraction of sp³-hybridized carbons (Fsp3) is 0.923. The van der Waals surface area contributed by atoms with Gasteiger partial charge in [0.05, 0.1) is 0 Å². The largest absolute Gasteiger partial charge is 0.368 e. The molecule has 1 N–H and O–H groups in total.